The lowest BCUT2D eigenvalue weighted by molar-refractivity contribution is 0.178. The van der Waals surface area contributed by atoms with Crippen LogP contribution in [-0.2, 0) is 11.3 Å². The number of anilines is 2. The van der Waals surface area contributed by atoms with Gasteiger partial charge in [0.05, 0.1) is 6.04 Å². The zero-order valence-electron chi connectivity index (χ0n) is 12.9. The van der Waals surface area contributed by atoms with Crippen LogP contribution >= 0.6 is 0 Å². The summed E-state index contributed by atoms with van der Waals surface area (Å²) < 4.78 is 10.7. The first-order valence-corrected chi connectivity index (χ1v) is 7.06. The molecule has 1 unspecified atom stereocenters. The predicted molar refractivity (Wildman–Crippen MR) is 82.4 cm³/mol. The largest absolute Gasteiger partial charge is 0.464 e. The first kappa shape index (κ1) is 15.3. The van der Waals surface area contributed by atoms with Gasteiger partial charge in [-0.3, -0.25) is 0 Å². The zero-order chi connectivity index (χ0) is 15.2. The Hall–Kier alpha value is -2.08. The standard InChI is InChI=1S/C15H22N4O2/c1-5-16-13-8-14(19-15(18-13)9-20-4)17-11(3)12-7-6-10(2)21-12/h6-8,11H,5,9H2,1-4H3,(H2,16,17,18,19). The van der Waals surface area contributed by atoms with Crippen LogP contribution in [0.2, 0.25) is 0 Å². The van der Waals surface area contributed by atoms with E-state index in [1.165, 1.54) is 0 Å². The van der Waals surface area contributed by atoms with Gasteiger partial charge in [0.2, 0.25) is 0 Å². The van der Waals surface area contributed by atoms with Gasteiger partial charge in [-0.15, -0.1) is 0 Å². The Bertz CT molecular complexity index is 559. The number of furan rings is 1. The van der Waals surface area contributed by atoms with Gasteiger partial charge >= 0.3 is 0 Å². The summed E-state index contributed by atoms with van der Waals surface area (Å²) in [4.78, 5) is 8.84. The van der Waals surface area contributed by atoms with E-state index in [1.807, 2.05) is 39.0 Å². The van der Waals surface area contributed by atoms with Crippen molar-refractivity contribution in [3.8, 4) is 0 Å². The van der Waals surface area contributed by atoms with E-state index in [4.69, 9.17) is 9.15 Å². The molecular weight excluding hydrogens is 268 g/mol. The third-order valence-corrected chi connectivity index (χ3v) is 2.96. The summed E-state index contributed by atoms with van der Waals surface area (Å²) in [6, 6.07) is 5.83. The lowest BCUT2D eigenvalue weighted by Gasteiger charge is -2.14. The zero-order valence-corrected chi connectivity index (χ0v) is 12.9. The summed E-state index contributed by atoms with van der Waals surface area (Å²) in [5, 5.41) is 6.52. The molecule has 114 valence electrons. The van der Waals surface area contributed by atoms with Crippen LogP contribution in [0.5, 0.6) is 0 Å². The maximum absolute atomic E-state index is 5.63. The maximum Gasteiger partial charge on any atom is 0.158 e. The molecule has 2 rings (SSSR count). The number of methoxy groups -OCH3 is 1. The van der Waals surface area contributed by atoms with Crippen LogP contribution in [0.15, 0.2) is 22.6 Å². The SMILES string of the molecule is CCNc1cc(NC(C)c2ccc(C)o2)nc(COC)n1. The van der Waals surface area contributed by atoms with Crippen molar-refractivity contribution in [3.05, 3.63) is 35.5 Å². The molecule has 0 bridgehead atoms. The highest BCUT2D eigenvalue weighted by Crippen LogP contribution is 2.21. The molecule has 0 aliphatic carbocycles. The molecule has 0 aromatic carbocycles. The van der Waals surface area contributed by atoms with Gasteiger partial charge in [0.25, 0.3) is 0 Å². The summed E-state index contributed by atoms with van der Waals surface area (Å²) in [6.07, 6.45) is 0. The van der Waals surface area contributed by atoms with Gasteiger partial charge in [0, 0.05) is 19.7 Å². The van der Waals surface area contributed by atoms with E-state index in [-0.39, 0.29) is 6.04 Å². The van der Waals surface area contributed by atoms with Crippen LogP contribution in [0.4, 0.5) is 11.6 Å². The molecule has 2 N–H and O–H groups in total. The summed E-state index contributed by atoms with van der Waals surface area (Å²) in [5.74, 6) is 3.94. The molecule has 0 saturated heterocycles. The van der Waals surface area contributed by atoms with E-state index in [0.29, 0.717) is 12.4 Å². The second-order valence-electron chi connectivity index (χ2n) is 4.83. The summed E-state index contributed by atoms with van der Waals surface area (Å²) >= 11 is 0. The van der Waals surface area contributed by atoms with E-state index in [9.17, 15) is 0 Å². The number of nitrogens with one attached hydrogen (secondary N) is 2. The topological polar surface area (TPSA) is 72.2 Å². The molecule has 0 spiro atoms. The van der Waals surface area contributed by atoms with Gasteiger partial charge in [-0.25, -0.2) is 9.97 Å². The number of ether oxygens (including phenoxy) is 1. The van der Waals surface area contributed by atoms with Crippen LogP contribution in [0.25, 0.3) is 0 Å². The molecule has 0 aliphatic heterocycles. The first-order chi connectivity index (χ1) is 10.1. The van der Waals surface area contributed by atoms with Crippen LogP contribution in [-0.4, -0.2) is 23.6 Å². The van der Waals surface area contributed by atoms with Crippen molar-refractivity contribution in [2.45, 2.75) is 33.4 Å². The van der Waals surface area contributed by atoms with E-state index >= 15 is 0 Å². The highest BCUT2D eigenvalue weighted by molar-refractivity contribution is 5.48. The molecule has 6 nitrogen and oxygen atoms in total. The molecule has 1 atom stereocenters. The van der Waals surface area contributed by atoms with E-state index < -0.39 is 0 Å². The van der Waals surface area contributed by atoms with Gasteiger partial charge < -0.3 is 19.8 Å². The first-order valence-electron chi connectivity index (χ1n) is 7.06. The minimum Gasteiger partial charge on any atom is -0.464 e. The lowest BCUT2D eigenvalue weighted by atomic mass is 10.2. The molecule has 0 radical (unpaired) electrons. The Morgan fingerprint density at radius 3 is 2.67 bits per heavy atom. The Kier molecular flexibility index (Phi) is 5.16. The molecule has 0 fully saturated rings. The quantitative estimate of drug-likeness (QED) is 0.816. The number of hydrogen-bond acceptors (Lipinski definition) is 6. The van der Waals surface area contributed by atoms with Crippen molar-refractivity contribution in [1.82, 2.24) is 9.97 Å². The summed E-state index contributed by atoms with van der Waals surface area (Å²) in [7, 11) is 1.63. The Morgan fingerprint density at radius 2 is 2.05 bits per heavy atom. The summed E-state index contributed by atoms with van der Waals surface area (Å²) in [5.41, 5.74) is 0. The number of nitrogens with zero attached hydrogens (tertiary/aromatic N) is 2. The average molecular weight is 290 g/mol. The van der Waals surface area contributed by atoms with Crippen molar-refractivity contribution in [1.29, 1.82) is 0 Å². The normalized spacial score (nSPS) is 12.2. The van der Waals surface area contributed by atoms with Gasteiger partial charge in [0.15, 0.2) is 5.82 Å². The molecule has 0 saturated carbocycles. The third-order valence-electron chi connectivity index (χ3n) is 2.96. The number of rotatable bonds is 7. The van der Waals surface area contributed by atoms with Crippen molar-refractivity contribution in [2.24, 2.45) is 0 Å². The van der Waals surface area contributed by atoms with Gasteiger partial charge in [-0.05, 0) is 32.9 Å². The monoisotopic (exact) mass is 290 g/mol. The smallest absolute Gasteiger partial charge is 0.158 e. The highest BCUT2D eigenvalue weighted by Gasteiger charge is 2.12. The molecule has 0 aliphatic rings. The van der Waals surface area contributed by atoms with E-state index in [1.54, 1.807) is 7.11 Å². The van der Waals surface area contributed by atoms with Crippen LogP contribution in [0.1, 0.15) is 37.2 Å². The van der Waals surface area contributed by atoms with Crippen molar-refractivity contribution in [3.63, 3.8) is 0 Å². The van der Waals surface area contributed by atoms with Crippen molar-refractivity contribution >= 4 is 11.6 Å². The summed E-state index contributed by atoms with van der Waals surface area (Å²) in [6.45, 7) is 7.17. The van der Waals surface area contributed by atoms with Crippen molar-refractivity contribution < 1.29 is 9.15 Å². The second kappa shape index (κ2) is 7.08. The van der Waals surface area contributed by atoms with E-state index in [0.717, 1.165) is 29.7 Å². The number of aryl methyl sites for hydroxylation is 1. The van der Waals surface area contributed by atoms with Crippen molar-refractivity contribution in [2.75, 3.05) is 24.3 Å². The molecule has 6 heteroatoms. The van der Waals surface area contributed by atoms with Crippen LogP contribution in [0, 0.1) is 6.92 Å². The Morgan fingerprint density at radius 1 is 1.29 bits per heavy atom. The molecule has 2 aromatic rings. The maximum atomic E-state index is 5.63. The van der Waals surface area contributed by atoms with Gasteiger partial charge in [-0.2, -0.15) is 0 Å². The molecule has 2 aromatic heterocycles. The predicted octanol–water partition coefficient (Wildman–Crippen LogP) is 3.13. The molecule has 0 amide bonds. The molecular formula is C15H22N4O2. The fourth-order valence-electron chi connectivity index (χ4n) is 2.02. The van der Waals surface area contributed by atoms with Crippen LogP contribution in [0.3, 0.4) is 0 Å². The molecule has 2 heterocycles. The number of hydrogen-bond donors (Lipinski definition) is 2. The average Bonchev–Trinajstić information content (AvgIpc) is 2.86. The van der Waals surface area contributed by atoms with E-state index in [2.05, 4.69) is 20.6 Å². The van der Waals surface area contributed by atoms with Gasteiger partial charge in [0.1, 0.15) is 29.8 Å². The minimum atomic E-state index is 0.0264. The Balaban J connectivity index is 2.17. The fraction of sp³-hybridized carbons (Fsp3) is 0.467. The van der Waals surface area contributed by atoms with Crippen LogP contribution < -0.4 is 10.6 Å². The molecule has 21 heavy (non-hydrogen) atoms. The van der Waals surface area contributed by atoms with Gasteiger partial charge in [-0.1, -0.05) is 0 Å². The lowest BCUT2D eigenvalue weighted by Crippen LogP contribution is -2.11. The third kappa shape index (κ3) is 4.19. The Labute approximate surface area is 124 Å². The highest BCUT2D eigenvalue weighted by atomic mass is 16.5. The minimum absolute atomic E-state index is 0.0264. The fourth-order valence-corrected chi connectivity index (χ4v) is 2.02. The number of aromatic nitrogens is 2. The second-order valence-corrected chi connectivity index (χ2v) is 4.83.